The van der Waals surface area contributed by atoms with Gasteiger partial charge in [-0.15, -0.1) is 11.3 Å². The van der Waals surface area contributed by atoms with Gasteiger partial charge in [-0.25, -0.2) is 23.5 Å². The van der Waals surface area contributed by atoms with E-state index >= 15 is 0 Å². The number of hydrogen-bond acceptors (Lipinski definition) is 9. The highest BCUT2D eigenvalue weighted by Crippen LogP contribution is 2.37. The Labute approximate surface area is 289 Å². The molecule has 49 heavy (non-hydrogen) atoms. The first-order valence-corrected chi connectivity index (χ1v) is 16.6. The number of benzene rings is 1. The second-order valence-corrected chi connectivity index (χ2v) is 13.2. The molecule has 6 rings (SSSR count). The highest BCUT2D eigenvalue weighted by Gasteiger charge is 2.33. The van der Waals surface area contributed by atoms with Crippen molar-refractivity contribution in [2.45, 2.75) is 51.2 Å². The number of pyridine rings is 2. The number of nitriles is 1. The molecular weight excluding hydrogens is 672 g/mol. The molecule has 0 aliphatic heterocycles. The maximum atomic E-state index is 14.0. The van der Waals surface area contributed by atoms with Crippen LogP contribution in [-0.2, 0) is 6.54 Å². The largest absolute Gasteiger partial charge is 0.478 e. The fourth-order valence-corrected chi connectivity index (χ4v) is 7.65. The maximum Gasteiger partial charge on any atom is 0.338 e. The van der Waals surface area contributed by atoms with Crippen molar-refractivity contribution < 1.29 is 18.7 Å². The first-order chi connectivity index (χ1) is 23.5. The van der Waals surface area contributed by atoms with Crippen LogP contribution >= 0.6 is 22.9 Å². The average molecular weight is 702 g/mol. The molecule has 10 nitrogen and oxygen atoms in total. The number of aryl methyl sites for hydroxylation is 1. The Morgan fingerprint density at radius 2 is 1.98 bits per heavy atom. The molecule has 1 saturated carbocycles. The van der Waals surface area contributed by atoms with E-state index < -0.39 is 18.0 Å². The summed E-state index contributed by atoms with van der Waals surface area (Å²) in [6, 6.07) is 9.10. The van der Waals surface area contributed by atoms with E-state index in [0.29, 0.717) is 49.9 Å². The second kappa shape index (κ2) is 13.9. The first-order valence-electron chi connectivity index (χ1n) is 15.4. The number of nitrogens with zero attached hydrogens (tertiary/aromatic N) is 7. The molecule has 1 fully saturated rings. The van der Waals surface area contributed by atoms with E-state index in [2.05, 4.69) is 32.9 Å². The second-order valence-electron chi connectivity index (χ2n) is 11.9. The normalized spacial score (nSPS) is 15.9. The minimum absolute atomic E-state index is 0.0224. The van der Waals surface area contributed by atoms with Crippen LogP contribution in [0.3, 0.4) is 0 Å². The summed E-state index contributed by atoms with van der Waals surface area (Å²) in [7, 11) is 3.50. The third kappa shape index (κ3) is 6.57. The average Bonchev–Trinajstić information content (AvgIpc) is 3.74. The number of rotatable bonds is 8. The molecule has 1 aliphatic carbocycles. The van der Waals surface area contributed by atoms with E-state index in [1.807, 2.05) is 4.90 Å². The fraction of sp³-hybridized carbons (Fsp3) is 0.314. The van der Waals surface area contributed by atoms with Crippen molar-refractivity contribution in [1.82, 2.24) is 24.4 Å². The summed E-state index contributed by atoms with van der Waals surface area (Å²) in [6.07, 6.45) is 2.70. The predicted octanol–water partition coefficient (Wildman–Crippen LogP) is 6.21. The number of alkyl halides is 2. The van der Waals surface area contributed by atoms with Crippen LogP contribution in [0.4, 0.5) is 14.6 Å². The van der Waals surface area contributed by atoms with Crippen LogP contribution in [0.2, 0.25) is 5.02 Å². The number of thiophene rings is 1. The number of aromatic carboxylic acids is 1. The monoisotopic (exact) mass is 701 g/mol. The van der Waals surface area contributed by atoms with Gasteiger partial charge in [0, 0.05) is 52.4 Å². The molecule has 0 spiro atoms. The number of carboxylic acid groups (broad SMARTS) is 1. The topological polar surface area (TPSA) is 128 Å². The number of aromatic nitrogens is 4. The lowest BCUT2D eigenvalue weighted by atomic mass is 10.00. The zero-order valence-corrected chi connectivity index (χ0v) is 28.3. The quantitative estimate of drug-likeness (QED) is 0.188. The van der Waals surface area contributed by atoms with Crippen LogP contribution in [0, 0.1) is 30.1 Å². The molecule has 0 amide bonds. The van der Waals surface area contributed by atoms with Crippen molar-refractivity contribution in [1.29, 1.82) is 5.26 Å². The van der Waals surface area contributed by atoms with Gasteiger partial charge in [-0.3, -0.25) is 19.2 Å². The number of anilines is 1. The summed E-state index contributed by atoms with van der Waals surface area (Å²) in [4.78, 5) is 42.6. The summed E-state index contributed by atoms with van der Waals surface area (Å²) in [6.45, 7) is 1.35. The Balaban J connectivity index is 1.33. The number of carbonyl (C=O) groups is 1. The van der Waals surface area contributed by atoms with Crippen LogP contribution in [0.25, 0.3) is 32.2 Å². The number of fused-ring (bicyclic) bond motifs is 2. The van der Waals surface area contributed by atoms with Crippen molar-refractivity contribution in [3.63, 3.8) is 0 Å². The molecule has 0 bridgehead atoms. The third-order valence-electron chi connectivity index (χ3n) is 9.01. The molecule has 1 N–H and O–H groups in total. The van der Waals surface area contributed by atoms with Gasteiger partial charge in [0.2, 0.25) is 0 Å². The predicted molar refractivity (Wildman–Crippen MR) is 186 cm³/mol. The summed E-state index contributed by atoms with van der Waals surface area (Å²) in [5.41, 5.74) is 2.47. The Morgan fingerprint density at radius 3 is 2.71 bits per heavy atom. The Hall–Kier alpha value is -4.95. The van der Waals surface area contributed by atoms with E-state index in [1.54, 1.807) is 61.8 Å². The van der Waals surface area contributed by atoms with Gasteiger partial charge in [0.25, 0.3) is 12.0 Å². The highest BCUT2D eigenvalue weighted by atomic mass is 35.5. The molecule has 250 valence electrons. The van der Waals surface area contributed by atoms with Crippen LogP contribution in [-0.4, -0.2) is 74.6 Å². The molecule has 4 heterocycles. The van der Waals surface area contributed by atoms with Crippen molar-refractivity contribution in [3.8, 4) is 29.0 Å². The van der Waals surface area contributed by atoms with E-state index in [0.717, 1.165) is 18.4 Å². The molecule has 4 aromatic heterocycles. The van der Waals surface area contributed by atoms with Gasteiger partial charge in [-0.05, 0) is 57.5 Å². The van der Waals surface area contributed by atoms with Gasteiger partial charge < -0.3 is 10.0 Å². The smallest absolute Gasteiger partial charge is 0.338 e. The molecule has 0 radical (unpaired) electrons. The zero-order chi connectivity index (χ0) is 35.0. The van der Waals surface area contributed by atoms with Gasteiger partial charge in [0.1, 0.15) is 23.3 Å². The van der Waals surface area contributed by atoms with E-state index in [4.69, 9.17) is 11.6 Å². The van der Waals surface area contributed by atoms with E-state index in [9.17, 15) is 28.7 Å². The number of halogens is 3. The summed E-state index contributed by atoms with van der Waals surface area (Å²) >= 11 is 7.64. The minimum atomic E-state index is -2.42. The number of carboxylic acids is 1. The van der Waals surface area contributed by atoms with E-state index in [-0.39, 0.29) is 41.7 Å². The lowest BCUT2D eigenvalue weighted by Crippen LogP contribution is -2.37. The molecule has 5 aromatic rings. The Kier molecular flexibility index (Phi) is 9.61. The molecule has 1 aliphatic rings. The number of hydrogen-bond donors (Lipinski definition) is 1. The van der Waals surface area contributed by atoms with Crippen molar-refractivity contribution in [2.24, 2.45) is 0 Å². The minimum Gasteiger partial charge on any atom is -0.478 e. The van der Waals surface area contributed by atoms with E-state index in [1.165, 1.54) is 22.1 Å². The van der Waals surface area contributed by atoms with Gasteiger partial charge in [0.15, 0.2) is 0 Å². The van der Waals surface area contributed by atoms with Crippen molar-refractivity contribution in [3.05, 3.63) is 79.9 Å². The summed E-state index contributed by atoms with van der Waals surface area (Å²) in [5, 5.41) is 22.0. The fourth-order valence-electron chi connectivity index (χ4n) is 6.45. The molecule has 1 aromatic carbocycles. The van der Waals surface area contributed by atoms with Crippen LogP contribution < -0.4 is 10.5 Å². The lowest BCUT2D eigenvalue weighted by Gasteiger charge is -2.28. The first kappa shape index (κ1) is 33.9. The van der Waals surface area contributed by atoms with Gasteiger partial charge in [-0.2, -0.15) is 5.26 Å². The Morgan fingerprint density at radius 1 is 1.20 bits per heavy atom. The SMILES string of the molecule is Cc1nc2cnc(N(C)[C@@H]3CC[C@H](N(C)CC(F)F)C3)c(C#N)c2c(=O)n1CC#Cc1ccc(Cl)cc1-c1ccnc2c(C(=O)O)csc12. The lowest BCUT2D eigenvalue weighted by molar-refractivity contribution is 0.0699. The molecule has 0 unspecified atom stereocenters. The Bertz CT molecular complexity index is 2270. The molecular formula is C35H30ClF2N7O3S. The van der Waals surface area contributed by atoms with Gasteiger partial charge in [-0.1, -0.05) is 23.4 Å². The molecule has 2 atom stereocenters. The standard InChI is InChI=1S/C35H30ClF2N7O3S/c1-19-42-28-16-41-33(44(3)23-9-8-22(14-23)43(2)17-29(37)38)26(15-39)30(28)34(46)45(19)12-4-5-20-6-7-21(36)13-25(20)24-10-11-40-31-27(35(47)48)18-49-32(24)31/h6-7,10-11,13,16,18,22-23,29H,8-9,12,14,17H2,1-3H3,(H,47,48)/t22-,23+/m0/s1. The molecule has 14 heteroatoms. The van der Waals surface area contributed by atoms with Crippen molar-refractivity contribution >= 4 is 55.8 Å². The van der Waals surface area contributed by atoms with Gasteiger partial charge in [0.05, 0.1) is 46.0 Å². The van der Waals surface area contributed by atoms with Crippen molar-refractivity contribution in [2.75, 3.05) is 25.5 Å². The third-order valence-corrected chi connectivity index (χ3v) is 10.2. The van der Waals surface area contributed by atoms with Crippen LogP contribution in [0.15, 0.2) is 46.8 Å². The molecule has 0 saturated heterocycles. The maximum absolute atomic E-state index is 14.0. The van der Waals surface area contributed by atoms with Crippen LogP contribution in [0.1, 0.15) is 46.6 Å². The summed E-state index contributed by atoms with van der Waals surface area (Å²) in [5.74, 6) is 5.88. The van der Waals surface area contributed by atoms with Gasteiger partial charge >= 0.3 is 5.97 Å². The zero-order valence-electron chi connectivity index (χ0n) is 26.7. The summed E-state index contributed by atoms with van der Waals surface area (Å²) < 4.78 is 28.0. The highest BCUT2D eigenvalue weighted by molar-refractivity contribution is 7.18. The van der Waals surface area contributed by atoms with Crippen LogP contribution in [0.5, 0.6) is 0 Å².